The van der Waals surface area contributed by atoms with E-state index in [0.29, 0.717) is 28.6 Å². The molecular weight excluding hydrogens is 352 g/mol. The van der Waals surface area contributed by atoms with Crippen molar-refractivity contribution < 1.29 is 17.9 Å². The summed E-state index contributed by atoms with van der Waals surface area (Å²) in [5.41, 5.74) is 1.53. The van der Waals surface area contributed by atoms with Crippen molar-refractivity contribution in [2.24, 2.45) is 0 Å². The average molecular weight is 367 g/mol. The maximum atomic E-state index is 12.4. The predicted octanol–water partition coefficient (Wildman–Crippen LogP) is 2.65. The van der Waals surface area contributed by atoms with E-state index in [-0.39, 0.29) is 5.91 Å². The standard InChI is InChI=1S/C16H15ClN2O4S/c1-24(21,22)19-13-5-3-2-4-12(13)18-16(20)15-9-10-8-11(17)6-7-14(10)23-15/h2-8,15,19H,9H2,1H3,(H,18,20). The van der Waals surface area contributed by atoms with Crippen molar-refractivity contribution in [3.63, 3.8) is 0 Å². The van der Waals surface area contributed by atoms with Crippen molar-refractivity contribution in [3.05, 3.63) is 53.1 Å². The third-order valence-electron chi connectivity index (χ3n) is 3.47. The van der Waals surface area contributed by atoms with E-state index in [2.05, 4.69) is 10.0 Å². The first-order chi connectivity index (χ1) is 11.3. The number of amides is 1. The Balaban J connectivity index is 1.75. The Bertz CT molecular complexity index is 899. The predicted molar refractivity (Wildman–Crippen MR) is 93.1 cm³/mol. The smallest absolute Gasteiger partial charge is 0.265 e. The van der Waals surface area contributed by atoms with E-state index in [9.17, 15) is 13.2 Å². The van der Waals surface area contributed by atoms with Gasteiger partial charge in [0.15, 0.2) is 6.10 Å². The first kappa shape index (κ1) is 16.6. The van der Waals surface area contributed by atoms with E-state index in [1.807, 2.05) is 0 Å². The number of rotatable bonds is 4. The minimum atomic E-state index is -3.45. The van der Waals surface area contributed by atoms with Crippen LogP contribution in [0.5, 0.6) is 5.75 Å². The summed E-state index contributed by atoms with van der Waals surface area (Å²) in [5, 5.41) is 3.29. The Morgan fingerprint density at radius 1 is 1.21 bits per heavy atom. The Morgan fingerprint density at radius 3 is 2.62 bits per heavy atom. The molecule has 0 saturated heterocycles. The van der Waals surface area contributed by atoms with Gasteiger partial charge in [-0.1, -0.05) is 23.7 Å². The maximum absolute atomic E-state index is 12.4. The van der Waals surface area contributed by atoms with Crippen LogP contribution in [0.25, 0.3) is 0 Å². The van der Waals surface area contributed by atoms with Gasteiger partial charge in [0.1, 0.15) is 5.75 Å². The molecule has 126 valence electrons. The Morgan fingerprint density at radius 2 is 1.92 bits per heavy atom. The molecule has 2 aromatic carbocycles. The van der Waals surface area contributed by atoms with Crippen molar-refractivity contribution in [1.82, 2.24) is 0 Å². The number of hydrogen-bond donors (Lipinski definition) is 2. The minimum absolute atomic E-state index is 0.298. The molecular formula is C16H15ClN2O4S. The lowest BCUT2D eigenvalue weighted by Gasteiger charge is -2.14. The maximum Gasteiger partial charge on any atom is 0.265 e. The van der Waals surface area contributed by atoms with Crippen molar-refractivity contribution >= 4 is 38.9 Å². The number of nitrogens with one attached hydrogen (secondary N) is 2. The molecule has 8 heteroatoms. The summed E-state index contributed by atoms with van der Waals surface area (Å²) in [6.07, 6.45) is 0.764. The van der Waals surface area contributed by atoms with Crippen LogP contribution in [-0.2, 0) is 21.2 Å². The molecule has 0 bridgehead atoms. The van der Waals surface area contributed by atoms with E-state index in [0.717, 1.165) is 11.8 Å². The summed E-state index contributed by atoms with van der Waals surface area (Å²) < 4.78 is 30.8. The van der Waals surface area contributed by atoms with Crippen molar-refractivity contribution in [2.45, 2.75) is 12.5 Å². The summed E-state index contributed by atoms with van der Waals surface area (Å²) in [4.78, 5) is 12.4. The number of fused-ring (bicyclic) bond motifs is 1. The Kier molecular flexibility index (Phi) is 4.38. The Labute approximate surface area is 144 Å². The summed E-state index contributed by atoms with van der Waals surface area (Å²) in [6.45, 7) is 0. The van der Waals surface area contributed by atoms with Crippen LogP contribution < -0.4 is 14.8 Å². The number of halogens is 1. The van der Waals surface area contributed by atoms with E-state index in [4.69, 9.17) is 16.3 Å². The van der Waals surface area contributed by atoms with Crippen LogP contribution in [0.3, 0.4) is 0 Å². The highest BCUT2D eigenvalue weighted by Crippen LogP contribution is 2.32. The molecule has 1 amide bonds. The molecule has 1 aliphatic heterocycles. The van der Waals surface area contributed by atoms with Gasteiger partial charge in [-0.25, -0.2) is 8.42 Å². The number of anilines is 2. The van der Waals surface area contributed by atoms with Crippen LogP contribution in [0.2, 0.25) is 5.02 Å². The van der Waals surface area contributed by atoms with Gasteiger partial charge in [-0.2, -0.15) is 0 Å². The number of ether oxygens (including phenoxy) is 1. The number of carbonyl (C=O) groups excluding carboxylic acids is 1. The molecule has 3 rings (SSSR count). The monoisotopic (exact) mass is 366 g/mol. The Hall–Kier alpha value is -2.25. The summed E-state index contributed by atoms with van der Waals surface area (Å²) in [6, 6.07) is 11.8. The third-order valence-corrected chi connectivity index (χ3v) is 4.30. The van der Waals surface area contributed by atoms with E-state index in [1.165, 1.54) is 0 Å². The number of carbonyl (C=O) groups is 1. The largest absolute Gasteiger partial charge is 0.480 e. The quantitative estimate of drug-likeness (QED) is 0.871. The fourth-order valence-electron chi connectivity index (χ4n) is 2.46. The molecule has 0 saturated carbocycles. The normalized spacial score (nSPS) is 16.2. The van der Waals surface area contributed by atoms with Crippen LogP contribution in [0.15, 0.2) is 42.5 Å². The van der Waals surface area contributed by atoms with Gasteiger partial charge in [-0.3, -0.25) is 9.52 Å². The highest BCUT2D eigenvalue weighted by Gasteiger charge is 2.29. The van der Waals surface area contributed by atoms with Gasteiger partial charge in [-0.15, -0.1) is 0 Å². The lowest BCUT2D eigenvalue weighted by atomic mass is 10.1. The summed E-state index contributed by atoms with van der Waals surface area (Å²) in [5.74, 6) is 0.271. The molecule has 0 radical (unpaired) electrons. The van der Waals surface area contributed by atoms with Crippen molar-refractivity contribution in [3.8, 4) is 5.75 Å². The summed E-state index contributed by atoms with van der Waals surface area (Å²) in [7, 11) is -3.45. The van der Waals surface area contributed by atoms with Gasteiger partial charge in [0.25, 0.3) is 5.91 Å². The molecule has 0 fully saturated rings. The van der Waals surface area contributed by atoms with Crippen LogP contribution in [0.1, 0.15) is 5.56 Å². The lowest BCUT2D eigenvalue weighted by molar-refractivity contribution is -0.122. The first-order valence-corrected chi connectivity index (χ1v) is 9.41. The highest BCUT2D eigenvalue weighted by atomic mass is 35.5. The molecule has 2 N–H and O–H groups in total. The van der Waals surface area contributed by atoms with Crippen molar-refractivity contribution in [1.29, 1.82) is 0 Å². The van der Waals surface area contributed by atoms with Crippen LogP contribution >= 0.6 is 11.6 Å². The van der Waals surface area contributed by atoms with Gasteiger partial charge in [0.2, 0.25) is 10.0 Å². The van der Waals surface area contributed by atoms with E-state index < -0.39 is 16.1 Å². The first-order valence-electron chi connectivity index (χ1n) is 7.14. The number of para-hydroxylation sites is 2. The minimum Gasteiger partial charge on any atom is -0.480 e. The number of benzene rings is 2. The molecule has 1 atom stereocenters. The fraction of sp³-hybridized carbons (Fsp3) is 0.188. The van der Waals surface area contributed by atoms with Gasteiger partial charge in [0.05, 0.1) is 17.6 Å². The molecule has 2 aromatic rings. The van der Waals surface area contributed by atoms with Crippen LogP contribution in [0.4, 0.5) is 11.4 Å². The highest BCUT2D eigenvalue weighted by molar-refractivity contribution is 7.92. The number of sulfonamides is 1. The molecule has 6 nitrogen and oxygen atoms in total. The second-order valence-corrected chi connectivity index (χ2v) is 7.66. The zero-order valence-electron chi connectivity index (χ0n) is 12.7. The van der Waals surface area contributed by atoms with E-state index >= 15 is 0 Å². The second-order valence-electron chi connectivity index (χ2n) is 5.47. The molecule has 1 heterocycles. The average Bonchev–Trinajstić information content (AvgIpc) is 2.91. The van der Waals surface area contributed by atoms with Crippen molar-refractivity contribution in [2.75, 3.05) is 16.3 Å². The van der Waals surface area contributed by atoms with Crippen LogP contribution in [0, 0.1) is 0 Å². The number of hydrogen-bond acceptors (Lipinski definition) is 4. The molecule has 1 unspecified atom stereocenters. The zero-order valence-corrected chi connectivity index (χ0v) is 14.3. The van der Waals surface area contributed by atoms with Gasteiger partial charge in [-0.05, 0) is 35.9 Å². The fourth-order valence-corrected chi connectivity index (χ4v) is 3.23. The molecule has 0 spiro atoms. The third kappa shape index (κ3) is 3.80. The summed E-state index contributed by atoms with van der Waals surface area (Å²) >= 11 is 5.94. The molecule has 0 aromatic heterocycles. The zero-order chi connectivity index (χ0) is 17.3. The SMILES string of the molecule is CS(=O)(=O)Nc1ccccc1NC(=O)C1Cc2cc(Cl)ccc2O1. The molecule has 0 aliphatic carbocycles. The molecule has 1 aliphatic rings. The lowest BCUT2D eigenvalue weighted by Crippen LogP contribution is -2.31. The van der Waals surface area contributed by atoms with Gasteiger partial charge in [0, 0.05) is 11.4 Å². The molecule has 24 heavy (non-hydrogen) atoms. The topological polar surface area (TPSA) is 84.5 Å². The van der Waals surface area contributed by atoms with Gasteiger partial charge >= 0.3 is 0 Å². The van der Waals surface area contributed by atoms with Gasteiger partial charge < -0.3 is 10.1 Å². The van der Waals surface area contributed by atoms with Crippen LogP contribution in [-0.4, -0.2) is 26.7 Å². The second kappa shape index (κ2) is 6.33. The van der Waals surface area contributed by atoms with E-state index in [1.54, 1.807) is 42.5 Å².